The van der Waals surface area contributed by atoms with E-state index in [-0.39, 0.29) is 6.54 Å². The zero-order valence-corrected chi connectivity index (χ0v) is 13.5. The van der Waals surface area contributed by atoms with Crippen molar-refractivity contribution in [3.05, 3.63) is 0 Å². The Morgan fingerprint density at radius 3 is 1.95 bits per heavy atom. The highest BCUT2D eigenvalue weighted by Gasteiger charge is 2.05. The van der Waals surface area contributed by atoms with Crippen LogP contribution in [0.25, 0.3) is 0 Å². The van der Waals surface area contributed by atoms with E-state index in [0.29, 0.717) is 6.54 Å². The van der Waals surface area contributed by atoms with E-state index in [1.54, 1.807) is 0 Å². The molecule has 0 aromatic carbocycles. The molecule has 0 atom stereocenters. The van der Waals surface area contributed by atoms with Crippen molar-refractivity contribution in [1.82, 2.24) is 16.0 Å². The number of aliphatic carboxylic acids is 1. The molecule has 7 heteroatoms. The highest BCUT2D eigenvalue weighted by molar-refractivity contribution is 5.86. The Balaban J connectivity index is 3.35. The first-order valence-electron chi connectivity index (χ1n) is 8.06. The predicted molar refractivity (Wildman–Crippen MR) is 84.7 cm³/mol. The number of carbonyl (C=O) groups excluding carboxylic acids is 2. The van der Waals surface area contributed by atoms with Gasteiger partial charge in [-0.2, -0.15) is 0 Å². The van der Waals surface area contributed by atoms with Crippen LogP contribution in [0.4, 0.5) is 4.79 Å². The third-order valence-electron chi connectivity index (χ3n) is 3.16. The Kier molecular flexibility index (Phi) is 13.0. The van der Waals surface area contributed by atoms with Crippen molar-refractivity contribution in [3.8, 4) is 0 Å². The van der Waals surface area contributed by atoms with E-state index in [0.717, 1.165) is 12.8 Å². The van der Waals surface area contributed by atoms with E-state index >= 15 is 0 Å². The summed E-state index contributed by atoms with van der Waals surface area (Å²) in [6.07, 6.45) is 9.60. The van der Waals surface area contributed by atoms with Crippen molar-refractivity contribution >= 4 is 17.9 Å². The van der Waals surface area contributed by atoms with E-state index in [1.165, 1.54) is 38.5 Å². The summed E-state index contributed by atoms with van der Waals surface area (Å²) < 4.78 is 0. The third-order valence-corrected chi connectivity index (χ3v) is 3.16. The van der Waals surface area contributed by atoms with Crippen LogP contribution >= 0.6 is 0 Å². The molecule has 0 aromatic heterocycles. The summed E-state index contributed by atoms with van der Waals surface area (Å²) in [5.74, 6) is -1.64. The van der Waals surface area contributed by atoms with Crippen LogP contribution in [0.1, 0.15) is 58.3 Å². The van der Waals surface area contributed by atoms with Crippen molar-refractivity contribution in [2.24, 2.45) is 0 Å². The lowest BCUT2D eigenvalue weighted by atomic mass is 10.1. The molecule has 0 spiro atoms. The molecular weight excluding hydrogens is 286 g/mol. The number of nitrogens with one attached hydrogen (secondary N) is 3. The lowest BCUT2D eigenvalue weighted by molar-refractivity contribution is -0.137. The summed E-state index contributed by atoms with van der Waals surface area (Å²) in [7, 11) is 0. The molecule has 0 aliphatic heterocycles. The molecule has 7 nitrogen and oxygen atoms in total. The van der Waals surface area contributed by atoms with E-state index in [2.05, 4.69) is 22.9 Å². The molecule has 3 amide bonds. The van der Waals surface area contributed by atoms with Gasteiger partial charge in [-0.1, -0.05) is 51.9 Å². The van der Waals surface area contributed by atoms with Gasteiger partial charge >= 0.3 is 12.0 Å². The van der Waals surface area contributed by atoms with Gasteiger partial charge in [0.1, 0.15) is 6.54 Å². The zero-order chi connectivity index (χ0) is 16.6. The summed E-state index contributed by atoms with van der Waals surface area (Å²) in [5, 5.41) is 15.6. The molecule has 0 fully saturated rings. The lowest BCUT2D eigenvalue weighted by Crippen LogP contribution is -2.43. The fourth-order valence-electron chi connectivity index (χ4n) is 1.92. The molecule has 0 radical (unpaired) electrons. The number of amides is 3. The average Bonchev–Trinajstić information content (AvgIpc) is 2.49. The van der Waals surface area contributed by atoms with E-state index in [4.69, 9.17) is 5.11 Å². The maximum Gasteiger partial charge on any atom is 0.322 e. The normalized spacial score (nSPS) is 10.0. The highest BCUT2D eigenvalue weighted by Crippen LogP contribution is 2.07. The van der Waals surface area contributed by atoms with Gasteiger partial charge in [0.05, 0.1) is 6.54 Å². The molecule has 0 aliphatic rings. The molecule has 0 unspecified atom stereocenters. The largest absolute Gasteiger partial charge is 0.480 e. The fraction of sp³-hybridized carbons (Fsp3) is 0.800. The van der Waals surface area contributed by atoms with Gasteiger partial charge in [-0.15, -0.1) is 0 Å². The van der Waals surface area contributed by atoms with Crippen LogP contribution in [0.3, 0.4) is 0 Å². The topological polar surface area (TPSA) is 108 Å². The molecule has 4 N–H and O–H groups in total. The predicted octanol–water partition coefficient (Wildman–Crippen LogP) is 1.63. The van der Waals surface area contributed by atoms with Gasteiger partial charge in [0.15, 0.2) is 0 Å². The quantitative estimate of drug-likeness (QED) is 0.387. The average molecular weight is 315 g/mol. The first kappa shape index (κ1) is 20.2. The number of carbonyl (C=O) groups is 3. The highest BCUT2D eigenvalue weighted by atomic mass is 16.4. The first-order chi connectivity index (χ1) is 10.6. The van der Waals surface area contributed by atoms with Crippen LogP contribution in [-0.2, 0) is 9.59 Å². The maximum absolute atomic E-state index is 11.4. The SMILES string of the molecule is CCCCCCCCCCNC(=O)NCC(=O)NCC(=O)O. The van der Waals surface area contributed by atoms with Crippen molar-refractivity contribution in [3.63, 3.8) is 0 Å². The second kappa shape index (κ2) is 14.2. The second-order valence-electron chi connectivity index (χ2n) is 5.25. The Labute approximate surface area is 132 Å². The van der Waals surface area contributed by atoms with Gasteiger partial charge in [-0.3, -0.25) is 9.59 Å². The van der Waals surface area contributed by atoms with Crippen LogP contribution in [0.15, 0.2) is 0 Å². The molecule has 0 aliphatic carbocycles. The van der Waals surface area contributed by atoms with Gasteiger partial charge in [-0.05, 0) is 6.42 Å². The molecule has 128 valence electrons. The Morgan fingerprint density at radius 2 is 1.36 bits per heavy atom. The number of rotatable bonds is 13. The minimum atomic E-state index is -1.12. The molecule has 0 bridgehead atoms. The van der Waals surface area contributed by atoms with Gasteiger partial charge in [0, 0.05) is 6.54 Å². The van der Waals surface area contributed by atoms with Gasteiger partial charge in [0.25, 0.3) is 0 Å². The minimum Gasteiger partial charge on any atom is -0.480 e. The van der Waals surface area contributed by atoms with Gasteiger partial charge in [-0.25, -0.2) is 4.79 Å². The smallest absolute Gasteiger partial charge is 0.322 e. The fourth-order valence-corrected chi connectivity index (χ4v) is 1.92. The van der Waals surface area contributed by atoms with Gasteiger partial charge < -0.3 is 21.1 Å². The van der Waals surface area contributed by atoms with E-state index in [9.17, 15) is 14.4 Å². The first-order valence-corrected chi connectivity index (χ1v) is 8.06. The summed E-state index contributed by atoms with van der Waals surface area (Å²) >= 11 is 0. The zero-order valence-electron chi connectivity index (χ0n) is 13.5. The third kappa shape index (κ3) is 14.6. The second-order valence-corrected chi connectivity index (χ2v) is 5.25. The van der Waals surface area contributed by atoms with Crippen molar-refractivity contribution in [2.75, 3.05) is 19.6 Å². The Morgan fingerprint density at radius 1 is 0.773 bits per heavy atom. The van der Waals surface area contributed by atoms with Gasteiger partial charge in [0.2, 0.25) is 5.91 Å². The summed E-state index contributed by atoms with van der Waals surface area (Å²) in [6, 6.07) is -0.409. The summed E-state index contributed by atoms with van der Waals surface area (Å²) in [5.41, 5.74) is 0. The number of carboxylic acid groups (broad SMARTS) is 1. The van der Waals surface area contributed by atoms with Crippen LogP contribution in [0.2, 0.25) is 0 Å². The number of urea groups is 1. The molecule has 0 saturated heterocycles. The molecule has 22 heavy (non-hydrogen) atoms. The van der Waals surface area contributed by atoms with Crippen molar-refractivity contribution in [1.29, 1.82) is 0 Å². The maximum atomic E-state index is 11.4. The Bertz CT molecular complexity index is 335. The van der Waals surface area contributed by atoms with Crippen LogP contribution in [-0.4, -0.2) is 42.6 Å². The van der Waals surface area contributed by atoms with E-state index in [1.807, 2.05) is 0 Å². The number of unbranched alkanes of at least 4 members (excludes halogenated alkanes) is 7. The molecule has 0 rings (SSSR count). The molecule has 0 saturated carbocycles. The van der Waals surface area contributed by atoms with Crippen molar-refractivity contribution in [2.45, 2.75) is 58.3 Å². The summed E-state index contributed by atoms with van der Waals surface area (Å²) in [6.45, 7) is 2.11. The van der Waals surface area contributed by atoms with Crippen LogP contribution in [0.5, 0.6) is 0 Å². The van der Waals surface area contributed by atoms with E-state index < -0.39 is 24.5 Å². The van der Waals surface area contributed by atoms with Crippen molar-refractivity contribution < 1.29 is 19.5 Å². The standard InChI is InChI=1S/C15H29N3O4/c1-2-3-4-5-6-7-8-9-10-16-15(22)18-11-13(19)17-12-14(20)21/h2-12H2,1H3,(H,17,19)(H,20,21)(H2,16,18,22). The lowest BCUT2D eigenvalue weighted by Gasteiger charge is -2.07. The Hall–Kier alpha value is -1.79. The van der Waals surface area contributed by atoms with Crippen LogP contribution in [0, 0.1) is 0 Å². The number of carboxylic acids is 1. The monoisotopic (exact) mass is 315 g/mol. The minimum absolute atomic E-state index is 0.226. The molecular formula is C15H29N3O4. The summed E-state index contributed by atoms with van der Waals surface area (Å²) in [4.78, 5) is 32.8. The molecule has 0 aromatic rings. The number of hydrogen-bond acceptors (Lipinski definition) is 3. The molecule has 0 heterocycles. The number of hydrogen-bond donors (Lipinski definition) is 4. The van der Waals surface area contributed by atoms with Crippen LogP contribution < -0.4 is 16.0 Å².